The van der Waals surface area contributed by atoms with E-state index < -0.39 is 47.6 Å². The predicted octanol–water partition coefficient (Wildman–Crippen LogP) is 5.13. The summed E-state index contributed by atoms with van der Waals surface area (Å²) in [6.07, 6.45) is -2.68. The maximum atomic E-state index is 12.9. The lowest BCUT2D eigenvalue weighted by atomic mass is 9.81. The van der Waals surface area contributed by atoms with E-state index in [0.29, 0.717) is 13.0 Å². The lowest BCUT2D eigenvalue weighted by molar-refractivity contribution is -0.326. The first-order valence-electron chi connectivity index (χ1n) is 13.7. The molecule has 0 aliphatic carbocycles. The quantitative estimate of drug-likeness (QED) is 0.408. The van der Waals surface area contributed by atoms with Gasteiger partial charge in [0.05, 0.1) is 37.3 Å². The SMILES string of the molecule is COc1ccc(CO[C@H]2[C@@H]([C@@H]3C[C@@H]([C@H](C)[C@H](O)[C@H](C)C(=O)SC(C)(C)C)OC(C)(C)O3)OC(=O)C2(C)C)cc1. The van der Waals surface area contributed by atoms with Crippen LogP contribution in [0.5, 0.6) is 5.75 Å². The van der Waals surface area contributed by atoms with E-state index in [1.807, 2.05) is 79.7 Å². The van der Waals surface area contributed by atoms with Crippen molar-refractivity contribution < 1.29 is 38.4 Å². The maximum Gasteiger partial charge on any atom is 0.314 e. The van der Waals surface area contributed by atoms with Crippen molar-refractivity contribution >= 4 is 22.8 Å². The average Bonchev–Trinajstić information content (AvgIpc) is 3.07. The molecule has 2 saturated heterocycles. The monoisotopic (exact) mass is 566 g/mol. The first-order valence-corrected chi connectivity index (χ1v) is 14.5. The number of aliphatic hydroxyl groups excluding tert-OH is 1. The summed E-state index contributed by atoms with van der Waals surface area (Å²) >= 11 is 1.24. The number of esters is 1. The van der Waals surface area contributed by atoms with Crippen molar-refractivity contribution in [2.75, 3.05) is 7.11 Å². The number of aliphatic hydroxyl groups is 1. The zero-order valence-corrected chi connectivity index (χ0v) is 25.8. The number of carbonyl (C=O) groups excluding carboxylic acids is 2. The van der Waals surface area contributed by atoms with Crippen LogP contribution in [0.1, 0.15) is 74.3 Å². The third-order valence-electron chi connectivity index (χ3n) is 7.48. The van der Waals surface area contributed by atoms with Gasteiger partial charge in [-0.25, -0.2) is 0 Å². The molecule has 0 saturated carbocycles. The van der Waals surface area contributed by atoms with Crippen LogP contribution in [0.25, 0.3) is 0 Å². The van der Waals surface area contributed by atoms with Crippen molar-refractivity contribution in [1.29, 1.82) is 0 Å². The molecule has 39 heavy (non-hydrogen) atoms. The van der Waals surface area contributed by atoms with Gasteiger partial charge in [-0.05, 0) is 45.4 Å². The number of hydrogen-bond donors (Lipinski definition) is 1. The normalized spacial score (nSPS) is 28.8. The molecule has 1 aromatic carbocycles. The smallest absolute Gasteiger partial charge is 0.314 e. The largest absolute Gasteiger partial charge is 0.497 e. The molecule has 7 atom stereocenters. The molecule has 0 aromatic heterocycles. The van der Waals surface area contributed by atoms with Gasteiger partial charge in [-0.3, -0.25) is 9.59 Å². The molecule has 2 aliphatic heterocycles. The molecular weight excluding hydrogens is 520 g/mol. The van der Waals surface area contributed by atoms with Crippen molar-refractivity contribution in [2.45, 2.75) is 116 Å². The second kappa shape index (κ2) is 12.1. The Labute approximate surface area is 237 Å². The number of thioether (sulfide) groups is 1. The third-order valence-corrected chi connectivity index (χ3v) is 8.67. The number of hydrogen-bond acceptors (Lipinski definition) is 9. The van der Waals surface area contributed by atoms with Crippen LogP contribution in [-0.4, -0.2) is 64.4 Å². The van der Waals surface area contributed by atoms with E-state index in [2.05, 4.69) is 0 Å². The Morgan fingerprint density at radius 3 is 2.31 bits per heavy atom. The van der Waals surface area contributed by atoms with Crippen LogP contribution in [0.2, 0.25) is 0 Å². The molecule has 2 heterocycles. The summed E-state index contributed by atoms with van der Waals surface area (Å²) in [4.78, 5) is 25.8. The molecule has 3 rings (SSSR count). The molecule has 9 heteroatoms. The molecule has 220 valence electrons. The number of carbonyl (C=O) groups is 2. The zero-order chi connectivity index (χ0) is 29.3. The molecular formula is C30H46O8S. The van der Waals surface area contributed by atoms with Gasteiger partial charge >= 0.3 is 5.97 Å². The van der Waals surface area contributed by atoms with Gasteiger partial charge in [0.25, 0.3) is 0 Å². The van der Waals surface area contributed by atoms with Crippen LogP contribution < -0.4 is 4.74 Å². The summed E-state index contributed by atoms with van der Waals surface area (Å²) in [6, 6.07) is 7.58. The van der Waals surface area contributed by atoms with E-state index in [1.54, 1.807) is 14.0 Å². The minimum atomic E-state index is -0.991. The van der Waals surface area contributed by atoms with Crippen molar-refractivity contribution in [3.8, 4) is 5.75 Å². The average molecular weight is 567 g/mol. The molecule has 2 fully saturated rings. The summed E-state index contributed by atoms with van der Waals surface area (Å²) in [5.74, 6) is -1.51. The van der Waals surface area contributed by atoms with E-state index >= 15 is 0 Å². The molecule has 8 nitrogen and oxygen atoms in total. The van der Waals surface area contributed by atoms with Crippen molar-refractivity contribution in [2.24, 2.45) is 17.3 Å². The molecule has 0 spiro atoms. The van der Waals surface area contributed by atoms with Crippen LogP contribution in [0.4, 0.5) is 0 Å². The summed E-state index contributed by atoms with van der Waals surface area (Å²) in [5, 5.41) is 11.1. The van der Waals surface area contributed by atoms with Gasteiger partial charge in [0.2, 0.25) is 0 Å². The van der Waals surface area contributed by atoms with Crippen molar-refractivity contribution in [1.82, 2.24) is 0 Å². The number of benzene rings is 1. The van der Waals surface area contributed by atoms with Crippen LogP contribution in [0, 0.1) is 17.3 Å². The third kappa shape index (κ3) is 7.76. The number of ether oxygens (including phenoxy) is 5. The maximum absolute atomic E-state index is 12.9. The molecule has 1 aromatic rings. The Bertz CT molecular complexity index is 999. The first kappa shape index (κ1) is 31.9. The Morgan fingerprint density at radius 1 is 1.13 bits per heavy atom. The van der Waals surface area contributed by atoms with Crippen molar-refractivity contribution in [3.05, 3.63) is 29.8 Å². The molecule has 0 bridgehead atoms. The van der Waals surface area contributed by atoms with Gasteiger partial charge < -0.3 is 28.8 Å². The Hall–Kier alpha value is -1.65. The molecule has 0 amide bonds. The highest BCUT2D eigenvalue weighted by atomic mass is 32.2. The van der Waals surface area contributed by atoms with Gasteiger partial charge in [-0.2, -0.15) is 0 Å². The Morgan fingerprint density at radius 2 is 1.74 bits per heavy atom. The van der Waals surface area contributed by atoms with Crippen LogP contribution >= 0.6 is 11.8 Å². The second-order valence-electron chi connectivity index (χ2n) is 12.8. The highest BCUT2D eigenvalue weighted by molar-refractivity contribution is 8.14. The summed E-state index contributed by atoms with van der Waals surface area (Å²) < 4.78 is 29.8. The highest BCUT2D eigenvalue weighted by Crippen LogP contribution is 2.43. The lowest BCUT2D eigenvalue weighted by Gasteiger charge is -2.46. The molecule has 0 radical (unpaired) electrons. The molecule has 2 aliphatic rings. The topological polar surface area (TPSA) is 101 Å². The van der Waals surface area contributed by atoms with Crippen molar-refractivity contribution in [3.63, 3.8) is 0 Å². The van der Waals surface area contributed by atoms with Crippen LogP contribution in [-0.2, 0) is 35.1 Å². The van der Waals surface area contributed by atoms with Crippen LogP contribution in [0.15, 0.2) is 24.3 Å². The molecule has 1 N–H and O–H groups in total. The summed E-state index contributed by atoms with van der Waals surface area (Å²) in [5.41, 5.74) is 0.0635. The van der Waals surface area contributed by atoms with Crippen LogP contribution in [0.3, 0.4) is 0 Å². The minimum Gasteiger partial charge on any atom is -0.497 e. The van der Waals surface area contributed by atoms with E-state index in [1.165, 1.54) is 11.8 Å². The number of cyclic esters (lactones) is 1. The number of rotatable bonds is 9. The fourth-order valence-electron chi connectivity index (χ4n) is 5.16. The Kier molecular flexibility index (Phi) is 9.86. The van der Waals surface area contributed by atoms with E-state index in [-0.39, 0.29) is 21.7 Å². The highest BCUT2D eigenvalue weighted by Gasteiger charge is 2.57. The lowest BCUT2D eigenvalue weighted by Crippen LogP contribution is -2.55. The fraction of sp³-hybridized carbons (Fsp3) is 0.733. The van der Waals surface area contributed by atoms with E-state index in [4.69, 9.17) is 23.7 Å². The standard InChI is InChI=1S/C30H46O8S/c1-17(23(31)18(2)26(32)39-28(3,4)5)21-15-22(38-30(8,9)37-21)24-25(29(6,7)27(33)36-24)35-16-19-11-13-20(34-10)14-12-19/h11-14,17-18,21-25,31H,15-16H2,1-10H3/t17-,18-,21-,22-,23-,24+,25-/m0/s1. The summed E-state index contributed by atoms with van der Waals surface area (Å²) in [7, 11) is 1.62. The molecule has 0 unspecified atom stereocenters. The predicted molar refractivity (Wildman–Crippen MR) is 150 cm³/mol. The van der Waals surface area contributed by atoms with Gasteiger partial charge in [0.15, 0.2) is 17.0 Å². The first-order chi connectivity index (χ1) is 17.9. The van der Waals surface area contributed by atoms with Gasteiger partial charge in [0, 0.05) is 17.1 Å². The summed E-state index contributed by atoms with van der Waals surface area (Å²) in [6.45, 7) is 17.1. The minimum absolute atomic E-state index is 0.0526. The zero-order valence-electron chi connectivity index (χ0n) is 25.0. The van der Waals surface area contributed by atoms with Gasteiger partial charge in [0.1, 0.15) is 18.0 Å². The second-order valence-corrected chi connectivity index (χ2v) is 14.6. The fourth-order valence-corrected chi connectivity index (χ4v) is 6.09. The van der Waals surface area contributed by atoms with Gasteiger partial charge in [-0.15, -0.1) is 0 Å². The van der Waals surface area contributed by atoms with Gasteiger partial charge in [-0.1, -0.05) is 58.5 Å². The van der Waals surface area contributed by atoms with E-state index in [0.717, 1.165) is 11.3 Å². The number of methoxy groups -OCH3 is 1. The Balaban J connectivity index is 1.77. The van der Waals surface area contributed by atoms with E-state index in [9.17, 15) is 14.7 Å².